The van der Waals surface area contributed by atoms with E-state index in [0.717, 1.165) is 25.4 Å². The number of aryl methyl sites for hydroxylation is 1. The minimum absolute atomic E-state index is 0.104. The molecule has 8 heteroatoms. The maximum Gasteiger partial charge on any atom is 0.319 e. The highest BCUT2D eigenvalue weighted by atomic mass is 19.1. The SMILES string of the molecule is Cc1ncc2c(N3CCOC[C@H]4C[C@H]43)nc(OCC34CC5(CC5)CN3CCC43CC3)nc2c1F. The first-order valence-electron chi connectivity index (χ1n) is 13.1. The molecule has 0 aromatic carbocycles. The van der Waals surface area contributed by atoms with Crippen LogP contribution in [0.25, 0.3) is 10.9 Å². The molecular formula is C26H32FN5O2. The van der Waals surface area contributed by atoms with Crippen LogP contribution in [0.4, 0.5) is 10.2 Å². The number of anilines is 1. The van der Waals surface area contributed by atoms with E-state index in [1.165, 1.54) is 51.6 Å². The second-order valence-corrected chi connectivity index (χ2v) is 12.0. The largest absolute Gasteiger partial charge is 0.461 e. The Kier molecular flexibility index (Phi) is 3.90. The zero-order valence-corrected chi connectivity index (χ0v) is 19.9. The Hall–Kier alpha value is -2.06. The molecule has 180 valence electrons. The number of halogens is 1. The van der Waals surface area contributed by atoms with E-state index in [1.54, 1.807) is 13.1 Å². The summed E-state index contributed by atoms with van der Waals surface area (Å²) in [7, 11) is 0. The van der Waals surface area contributed by atoms with Crippen molar-refractivity contribution in [2.24, 2.45) is 16.7 Å². The summed E-state index contributed by atoms with van der Waals surface area (Å²) in [6.45, 7) is 6.89. The van der Waals surface area contributed by atoms with Crippen molar-refractivity contribution in [2.75, 3.05) is 44.4 Å². The molecule has 6 fully saturated rings. The van der Waals surface area contributed by atoms with Gasteiger partial charge in [0.2, 0.25) is 0 Å². The molecule has 6 aliphatic rings. The van der Waals surface area contributed by atoms with Gasteiger partial charge in [-0.3, -0.25) is 9.88 Å². The van der Waals surface area contributed by atoms with E-state index in [-0.39, 0.29) is 11.4 Å². The molecule has 1 unspecified atom stereocenters. The van der Waals surface area contributed by atoms with Crippen LogP contribution in [-0.4, -0.2) is 70.9 Å². The van der Waals surface area contributed by atoms with Gasteiger partial charge in [0.1, 0.15) is 17.9 Å². The zero-order chi connectivity index (χ0) is 22.7. The minimum Gasteiger partial charge on any atom is -0.461 e. The predicted molar refractivity (Wildman–Crippen MR) is 124 cm³/mol. The monoisotopic (exact) mass is 465 g/mol. The van der Waals surface area contributed by atoms with Gasteiger partial charge in [0.05, 0.1) is 29.8 Å². The lowest BCUT2D eigenvalue weighted by molar-refractivity contribution is 0.0640. The Labute approximate surface area is 199 Å². The molecule has 8 rings (SSSR count). The number of hydrogen-bond donors (Lipinski definition) is 0. The number of pyridine rings is 1. The molecule has 34 heavy (non-hydrogen) atoms. The normalized spacial score (nSPS) is 34.4. The van der Waals surface area contributed by atoms with E-state index in [2.05, 4.69) is 19.8 Å². The Bertz CT molecular complexity index is 1200. The third-order valence-electron chi connectivity index (χ3n) is 10.1. The van der Waals surface area contributed by atoms with Crippen LogP contribution in [-0.2, 0) is 4.74 Å². The highest BCUT2D eigenvalue weighted by Crippen LogP contribution is 2.72. The van der Waals surface area contributed by atoms with Crippen molar-refractivity contribution in [1.29, 1.82) is 0 Å². The van der Waals surface area contributed by atoms with E-state index in [1.807, 2.05) is 0 Å². The van der Waals surface area contributed by atoms with Gasteiger partial charge in [-0.05, 0) is 69.2 Å². The zero-order valence-electron chi connectivity index (χ0n) is 19.9. The molecule has 0 radical (unpaired) electrons. The topological polar surface area (TPSA) is 63.6 Å². The molecule has 5 heterocycles. The second kappa shape index (κ2) is 6.58. The number of hydrogen-bond acceptors (Lipinski definition) is 7. The van der Waals surface area contributed by atoms with Crippen LogP contribution in [0.5, 0.6) is 6.01 Å². The summed E-state index contributed by atoms with van der Waals surface area (Å²) in [5.74, 6) is 0.895. The molecule has 0 amide bonds. The van der Waals surface area contributed by atoms with Crippen molar-refractivity contribution in [3.8, 4) is 6.01 Å². The molecule has 0 N–H and O–H groups in total. The van der Waals surface area contributed by atoms with Gasteiger partial charge < -0.3 is 14.4 Å². The summed E-state index contributed by atoms with van der Waals surface area (Å²) < 4.78 is 27.5. The number of aromatic nitrogens is 3. The third-order valence-corrected chi connectivity index (χ3v) is 10.1. The lowest BCUT2D eigenvalue weighted by atomic mass is 9.78. The minimum atomic E-state index is -0.374. The van der Waals surface area contributed by atoms with Gasteiger partial charge in [0.15, 0.2) is 5.82 Å². The first-order valence-corrected chi connectivity index (χ1v) is 13.1. The Morgan fingerprint density at radius 1 is 1.18 bits per heavy atom. The van der Waals surface area contributed by atoms with Gasteiger partial charge in [0.25, 0.3) is 0 Å². The van der Waals surface area contributed by atoms with Crippen LogP contribution < -0.4 is 9.64 Å². The first kappa shape index (κ1) is 20.2. The van der Waals surface area contributed by atoms with E-state index >= 15 is 4.39 Å². The van der Waals surface area contributed by atoms with Crippen molar-refractivity contribution in [3.05, 3.63) is 17.7 Å². The van der Waals surface area contributed by atoms with Gasteiger partial charge in [-0.1, -0.05) is 0 Å². The summed E-state index contributed by atoms with van der Waals surface area (Å²) in [6, 6.07) is 0.698. The van der Waals surface area contributed by atoms with E-state index < -0.39 is 0 Å². The molecule has 3 atom stereocenters. The fourth-order valence-electron chi connectivity index (χ4n) is 7.61. The molecule has 3 saturated heterocycles. The highest BCUT2D eigenvalue weighted by Gasteiger charge is 2.72. The molecule has 0 bridgehead atoms. The van der Waals surface area contributed by atoms with Gasteiger partial charge in [0, 0.05) is 31.2 Å². The summed E-state index contributed by atoms with van der Waals surface area (Å²) in [5.41, 5.74) is 1.72. The standard InChI is InChI=1S/C26H32FN5O2/c1-16-20(27)21-18(11-28-16)22(32-8-9-33-12-17-10-19(17)32)30-23(29-21)34-15-26-13-24(2-3-24)14-31(26)7-6-25(26)4-5-25/h11,17,19H,2-10,12-15H2,1H3/t17-,19-,26?/m1/s1. The van der Waals surface area contributed by atoms with Crippen LogP contribution in [0, 0.1) is 29.5 Å². The maximum atomic E-state index is 15.3. The molecule has 2 aromatic rings. The van der Waals surface area contributed by atoms with Crippen LogP contribution in [0.3, 0.4) is 0 Å². The summed E-state index contributed by atoms with van der Waals surface area (Å²) in [6.07, 6.45) is 10.7. The Morgan fingerprint density at radius 2 is 2.06 bits per heavy atom. The number of nitrogens with zero attached hydrogens (tertiary/aromatic N) is 5. The Morgan fingerprint density at radius 3 is 2.88 bits per heavy atom. The maximum absolute atomic E-state index is 15.3. The third kappa shape index (κ3) is 2.72. The van der Waals surface area contributed by atoms with Crippen molar-refractivity contribution < 1.29 is 13.9 Å². The van der Waals surface area contributed by atoms with Gasteiger partial charge in [-0.15, -0.1) is 0 Å². The quantitative estimate of drug-likeness (QED) is 0.685. The number of fused-ring (bicyclic) bond motifs is 4. The van der Waals surface area contributed by atoms with Crippen molar-refractivity contribution in [2.45, 2.75) is 63.5 Å². The van der Waals surface area contributed by atoms with Crippen molar-refractivity contribution >= 4 is 16.7 Å². The van der Waals surface area contributed by atoms with E-state index in [0.29, 0.717) is 58.6 Å². The first-order chi connectivity index (χ1) is 16.5. The van der Waals surface area contributed by atoms with Crippen LogP contribution in [0.2, 0.25) is 0 Å². The summed E-state index contributed by atoms with van der Waals surface area (Å²) >= 11 is 0. The lowest BCUT2D eigenvalue weighted by Gasteiger charge is -2.37. The van der Waals surface area contributed by atoms with Crippen LogP contribution >= 0.6 is 0 Å². The highest BCUT2D eigenvalue weighted by molar-refractivity contribution is 5.90. The molecule has 2 spiro atoms. The second-order valence-electron chi connectivity index (χ2n) is 12.0. The lowest BCUT2D eigenvalue weighted by Crippen LogP contribution is -2.49. The molecule has 7 nitrogen and oxygen atoms in total. The number of rotatable bonds is 4. The average Bonchev–Trinajstić information content (AvgIpc) is 3.70. The van der Waals surface area contributed by atoms with Crippen molar-refractivity contribution in [1.82, 2.24) is 19.9 Å². The molecule has 3 aliphatic heterocycles. The van der Waals surface area contributed by atoms with E-state index in [4.69, 9.17) is 14.5 Å². The van der Waals surface area contributed by atoms with E-state index in [9.17, 15) is 0 Å². The van der Waals surface area contributed by atoms with Crippen LogP contribution in [0.15, 0.2) is 6.20 Å². The fraction of sp³-hybridized carbons (Fsp3) is 0.731. The average molecular weight is 466 g/mol. The van der Waals surface area contributed by atoms with Gasteiger partial charge >= 0.3 is 6.01 Å². The molecule has 3 saturated carbocycles. The van der Waals surface area contributed by atoms with Gasteiger partial charge in [-0.25, -0.2) is 4.39 Å². The summed E-state index contributed by atoms with van der Waals surface area (Å²) in [5, 5.41) is 0.667. The Balaban J connectivity index is 1.18. The van der Waals surface area contributed by atoms with Gasteiger partial charge in [-0.2, -0.15) is 9.97 Å². The molecule has 3 aliphatic carbocycles. The predicted octanol–water partition coefficient (Wildman–Crippen LogP) is 3.48. The number of ether oxygens (including phenoxy) is 2. The fourth-order valence-corrected chi connectivity index (χ4v) is 7.61. The molecular weight excluding hydrogens is 433 g/mol. The molecule has 2 aromatic heterocycles. The van der Waals surface area contributed by atoms with Crippen LogP contribution in [0.1, 0.15) is 50.6 Å². The summed E-state index contributed by atoms with van der Waals surface area (Å²) in [4.78, 5) is 18.8. The van der Waals surface area contributed by atoms with Crippen molar-refractivity contribution in [3.63, 3.8) is 0 Å². The smallest absolute Gasteiger partial charge is 0.319 e.